The van der Waals surface area contributed by atoms with E-state index >= 15 is 0 Å². The molecule has 8 heteroatoms. The number of aromatic hydroxyl groups is 1. The van der Waals surface area contributed by atoms with Gasteiger partial charge in [0.15, 0.2) is 0 Å². The molecule has 2 rings (SSSR count). The molecule has 0 aliphatic heterocycles. The van der Waals surface area contributed by atoms with Gasteiger partial charge in [0.1, 0.15) is 5.75 Å². The van der Waals surface area contributed by atoms with Crippen molar-refractivity contribution in [1.29, 1.82) is 0 Å². The van der Waals surface area contributed by atoms with Crippen molar-refractivity contribution in [3.63, 3.8) is 0 Å². The highest BCUT2D eigenvalue weighted by atomic mass is 32.2. The summed E-state index contributed by atoms with van der Waals surface area (Å²) < 4.78 is 26.7. The second kappa shape index (κ2) is 5.41. The summed E-state index contributed by atoms with van der Waals surface area (Å²) in [7, 11) is -3.88. The predicted octanol–water partition coefficient (Wildman–Crippen LogP) is 2.41. The first-order chi connectivity index (χ1) is 9.79. The minimum Gasteiger partial charge on any atom is -0.508 e. The third kappa shape index (κ3) is 3.29. The summed E-state index contributed by atoms with van der Waals surface area (Å²) in [6, 6.07) is 9.18. The smallest absolute Gasteiger partial charge is 0.272 e. The first-order valence-electron chi connectivity index (χ1n) is 5.86. The molecule has 2 aromatic rings. The summed E-state index contributed by atoms with van der Waals surface area (Å²) in [6.07, 6.45) is 0. The van der Waals surface area contributed by atoms with Gasteiger partial charge in [0, 0.05) is 17.7 Å². The fourth-order valence-corrected chi connectivity index (χ4v) is 2.92. The van der Waals surface area contributed by atoms with E-state index in [1.165, 1.54) is 37.3 Å². The largest absolute Gasteiger partial charge is 0.508 e. The van der Waals surface area contributed by atoms with E-state index in [1.54, 1.807) is 0 Å². The second-order valence-electron chi connectivity index (χ2n) is 4.36. The number of sulfonamides is 1. The Morgan fingerprint density at radius 2 is 1.90 bits per heavy atom. The molecule has 0 atom stereocenters. The molecule has 110 valence electrons. The average Bonchev–Trinajstić information content (AvgIpc) is 2.37. The number of hydrogen-bond donors (Lipinski definition) is 2. The molecule has 2 aromatic carbocycles. The summed E-state index contributed by atoms with van der Waals surface area (Å²) >= 11 is 0. The Labute approximate surface area is 121 Å². The SMILES string of the molecule is Cc1cc(S(=O)(=O)Nc2cccc(O)c2)ccc1[N+](=O)[O-]. The monoisotopic (exact) mass is 308 g/mol. The van der Waals surface area contributed by atoms with Crippen LogP contribution in [-0.2, 0) is 10.0 Å². The van der Waals surface area contributed by atoms with Crippen LogP contribution in [0, 0.1) is 17.0 Å². The predicted molar refractivity (Wildman–Crippen MR) is 76.7 cm³/mol. The lowest BCUT2D eigenvalue weighted by molar-refractivity contribution is -0.385. The lowest BCUT2D eigenvalue weighted by Crippen LogP contribution is -2.13. The fraction of sp³-hybridized carbons (Fsp3) is 0.0769. The molecule has 7 nitrogen and oxygen atoms in total. The van der Waals surface area contributed by atoms with Gasteiger partial charge in [0.05, 0.1) is 15.5 Å². The molecule has 0 aliphatic carbocycles. The van der Waals surface area contributed by atoms with Gasteiger partial charge in [-0.2, -0.15) is 0 Å². The second-order valence-corrected chi connectivity index (χ2v) is 6.04. The van der Waals surface area contributed by atoms with Gasteiger partial charge in [0.2, 0.25) is 0 Å². The number of nitro benzene ring substituents is 1. The highest BCUT2D eigenvalue weighted by Gasteiger charge is 2.18. The van der Waals surface area contributed by atoms with Crippen molar-refractivity contribution in [2.75, 3.05) is 4.72 Å². The van der Waals surface area contributed by atoms with Crippen LogP contribution in [0.3, 0.4) is 0 Å². The van der Waals surface area contributed by atoms with E-state index in [2.05, 4.69) is 4.72 Å². The van der Waals surface area contributed by atoms with Crippen LogP contribution in [0.15, 0.2) is 47.4 Å². The van der Waals surface area contributed by atoms with Gasteiger partial charge in [-0.3, -0.25) is 14.8 Å². The van der Waals surface area contributed by atoms with Crippen molar-refractivity contribution < 1.29 is 18.4 Å². The van der Waals surface area contributed by atoms with E-state index in [1.807, 2.05) is 0 Å². The number of nitro groups is 1. The molecule has 0 spiro atoms. The summed E-state index contributed by atoms with van der Waals surface area (Å²) in [6.45, 7) is 1.46. The van der Waals surface area contributed by atoms with E-state index in [0.717, 1.165) is 12.1 Å². The van der Waals surface area contributed by atoms with E-state index in [-0.39, 0.29) is 27.6 Å². The topological polar surface area (TPSA) is 110 Å². The maximum atomic E-state index is 12.2. The third-order valence-corrected chi connectivity index (χ3v) is 4.15. The molecular weight excluding hydrogens is 296 g/mol. The summed E-state index contributed by atoms with van der Waals surface area (Å²) in [5.74, 6) is -0.0740. The van der Waals surface area contributed by atoms with E-state index in [4.69, 9.17) is 0 Å². The Morgan fingerprint density at radius 3 is 2.48 bits per heavy atom. The van der Waals surface area contributed by atoms with Gasteiger partial charge in [-0.05, 0) is 31.2 Å². The first-order valence-corrected chi connectivity index (χ1v) is 7.35. The van der Waals surface area contributed by atoms with Gasteiger partial charge in [0.25, 0.3) is 15.7 Å². The third-order valence-electron chi connectivity index (χ3n) is 2.77. The van der Waals surface area contributed by atoms with Crippen molar-refractivity contribution >= 4 is 21.4 Å². The quantitative estimate of drug-likeness (QED) is 0.665. The van der Waals surface area contributed by atoms with Crippen LogP contribution in [-0.4, -0.2) is 18.4 Å². The molecule has 0 saturated carbocycles. The molecule has 0 radical (unpaired) electrons. The molecule has 0 unspecified atom stereocenters. The number of rotatable bonds is 4. The highest BCUT2D eigenvalue weighted by molar-refractivity contribution is 7.92. The Hall–Kier alpha value is -2.61. The van der Waals surface area contributed by atoms with E-state index in [9.17, 15) is 23.6 Å². The van der Waals surface area contributed by atoms with Crippen LogP contribution in [0.1, 0.15) is 5.56 Å². The Balaban J connectivity index is 2.36. The highest BCUT2D eigenvalue weighted by Crippen LogP contribution is 2.24. The number of nitrogens with one attached hydrogen (secondary N) is 1. The van der Waals surface area contributed by atoms with E-state index in [0.29, 0.717) is 0 Å². The number of nitrogens with zero attached hydrogens (tertiary/aromatic N) is 1. The van der Waals surface area contributed by atoms with Crippen LogP contribution in [0.25, 0.3) is 0 Å². The molecule has 0 saturated heterocycles. The van der Waals surface area contributed by atoms with Gasteiger partial charge in [-0.1, -0.05) is 6.07 Å². The number of aryl methyl sites for hydroxylation is 1. The van der Waals surface area contributed by atoms with Crippen molar-refractivity contribution in [1.82, 2.24) is 0 Å². The van der Waals surface area contributed by atoms with Crippen LogP contribution < -0.4 is 4.72 Å². The van der Waals surface area contributed by atoms with Gasteiger partial charge < -0.3 is 5.11 Å². The molecule has 0 amide bonds. The number of phenolic OH excluding ortho intramolecular Hbond substituents is 1. The zero-order valence-electron chi connectivity index (χ0n) is 11.0. The summed E-state index contributed by atoms with van der Waals surface area (Å²) in [4.78, 5) is 10.1. The maximum absolute atomic E-state index is 12.2. The minimum atomic E-state index is -3.88. The number of benzene rings is 2. The minimum absolute atomic E-state index is 0.0740. The molecule has 0 fully saturated rings. The van der Waals surface area contributed by atoms with E-state index < -0.39 is 14.9 Å². The Morgan fingerprint density at radius 1 is 1.19 bits per heavy atom. The van der Waals surface area contributed by atoms with Gasteiger partial charge in [-0.15, -0.1) is 0 Å². The molecule has 2 N–H and O–H groups in total. The lowest BCUT2D eigenvalue weighted by atomic mass is 10.2. The average molecular weight is 308 g/mol. The van der Waals surface area contributed by atoms with Crippen LogP contribution >= 0.6 is 0 Å². The molecule has 0 aliphatic rings. The molecule has 21 heavy (non-hydrogen) atoms. The van der Waals surface area contributed by atoms with Crippen molar-refractivity contribution in [2.24, 2.45) is 0 Å². The lowest BCUT2D eigenvalue weighted by Gasteiger charge is -2.09. The van der Waals surface area contributed by atoms with Gasteiger partial charge in [-0.25, -0.2) is 8.42 Å². The Kier molecular flexibility index (Phi) is 3.81. The van der Waals surface area contributed by atoms with Gasteiger partial charge >= 0.3 is 0 Å². The first kappa shape index (κ1) is 14.8. The zero-order chi connectivity index (χ0) is 15.6. The molecular formula is C13H12N2O5S. The van der Waals surface area contributed by atoms with Crippen molar-refractivity contribution in [3.8, 4) is 5.75 Å². The van der Waals surface area contributed by atoms with Crippen LogP contribution in [0.2, 0.25) is 0 Å². The molecule has 0 aromatic heterocycles. The van der Waals surface area contributed by atoms with Crippen molar-refractivity contribution in [3.05, 3.63) is 58.1 Å². The standard InChI is InChI=1S/C13H12N2O5S/c1-9-7-12(5-6-13(9)15(17)18)21(19,20)14-10-3-2-4-11(16)8-10/h2-8,14,16H,1H3. The number of hydrogen-bond acceptors (Lipinski definition) is 5. The normalized spacial score (nSPS) is 11.1. The van der Waals surface area contributed by atoms with Crippen molar-refractivity contribution in [2.45, 2.75) is 11.8 Å². The molecule has 0 heterocycles. The zero-order valence-corrected chi connectivity index (χ0v) is 11.8. The molecule has 0 bridgehead atoms. The Bertz CT molecular complexity index is 802. The number of phenols is 1. The van der Waals surface area contributed by atoms with Crippen LogP contribution in [0.4, 0.5) is 11.4 Å². The maximum Gasteiger partial charge on any atom is 0.272 e. The fourth-order valence-electron chi connectivity index (χ4n) is 1.78. The van der Waals surface area contributed by atoms with Crippen LogP contribution in [0.5, 0.6) is 5.75 Å². The number of anilines is 1. The summed E-state index contributed by atoms with van der Waals surface area (Å²) in [5, 5.41) is 20.0. The summed E-state index contributed by atoms with van der Waals surface area (Å²) in [5.41, 5.74) is 0.302.